The van der Waals surface area contributed by atoms with Crippen molar-refractivity contribution >= 4 is 17.5 Å². The summed E-state index contributed by atoms with van der Waals surface area (Å²) in [4.78, 5) is 13.5. The van der Waals surface area contributed by atoms with Gasteiger partial charge in [-0.2, -0.15) is 0 Å². The molecule has 0 bridgehead atoms. The SMILES string of the molecule is CN(C)C(=O)c1c(Cl)cccc1OC1CC1. The third-order valence-corrected chi connectivity index (χ3v) is 2.73. The lowest BCUT2D eigenvalue weighted by molar-refractivity contribution is 0.0823. The van der Waals surface area contributed by atoms with Crippen LogP contribution in [0.3, 0.4) is 0 Å². The summed E-state index contributed by atoms with van der Waals surface area (Å²) >= 11 is 6.04. The molecule has 0 aromatic heterocycles. The molecule has 1 aliphatic rings. The summed E-state index contributed by atoms with van der Waals surface area (Å²) in [5.41, 5.74) is 0.459. The maximum absolute atomic E-state index is 11.9. The number of hydrogen-bond acceptors (Lipinski definition) is 2. The summed E-state index contributed by atoms with van der Waals surface area (Å²) in [7, 11) is 3.40. The zero-order valence-electron chi connectivity index (χ0n) is 9.37. The van der Waals surface area contributed by atoms with E-state index in [0.717, 1.165) is 12.8 Å². The minimum Gasteiger partial charge on any atom is -0.490 e. The van der Waals surface area contributed by atoms with Crippen LogP contribution in [0, 0.1) is 0 Å². The van der Waals surface area contributed by atoms with Gasteiger partial charge in [-0.3, -0.25) is 4.79 Å². The van der Waals surface area contributed by atoms with Crippen LogP contribution in [0.25, 0.3) is 0 Å². The van der Waals surface area contributed by atoms with E-state index in [2.05, 4.69) is 0 Å². The maximum Gasteiger partial charge on any atom is 0.258 e. The van der Waals surface area contributed by atoms with Gasteiger partial charge in [-0.05, 0) is 25.0 Å². The van der Waals surface area contributed by atoms with Crippen LogP contribution in [0.4, 0.5) is 0 Å². The molecule has 0 N–H and O–H groups in total. The number of halogens is 1. The number of benzene rings is 1. The quantitative estimate of drug-likeness (QED) is 0.812. The Bertz CT molecular complexity index is 413. The number of hydrogen-bond donors (Lipinski definition) is 0. The average molecular weight is 240 g/mol. The Labute approximate surface area is 100.0 Å². The molecule has 0 aliphatic heterocycles. The van der Waals surface area contributed by atoms with Gasteiger partial charge in [0.15, 0.2) is 0 Å². The van der Waals surface area contributed by atoms with Crippen LogP contribution in [-0.2, 0) is 0 Å². The molecule has 1 saturated carbocycles. The molecule has 0 spiro atoms. The van der Waals surface area contributed by atoms with E-state index < -0.39 is 0 Å². The summed E-state index contributed by atoms with van der Waals surface area (Å²) in [5, 5.41) is 0.442. The normalized spacial score (nSPS) is 14.7. The van der Waals surface area contributed by atoms with Gasteiger partial charge in [0.25, 0.3) is 5.91 Å². The number of carbonyl (C=O) groups excluding carboxylic acids is 1. The summed E-state index contributed by atoms with van der Waals surface area (Å²) < 4.78 is 5.68. The van der Waals surface area contributed by atoms with Gasteiger partial charge in [-0.15, -0.1) is 0 Å². The van der Waals surface area contributed by atoms with Crippen molar-refractivity contribution in [3.8, 4) is 5.75 Å². The zero-order chi connectivity index (χ0) is 11.7. The van der Waals surface area contributed by atoms with Crippen LogP contribution in [0.2, 0.25) is 5.02 Å². The summed E-state index contributed by atoms with van der Waals surface area (Å²) in [6.07, 6.45) is 2.37. The lowest BCUT2D eigenvalue weighted by Crippen LogP contribution is -2.23. The summed E-state index contributed by atoms with van der Waals surface area (Å²) in [6.45, 7) is 0. The molecule has 0 atom stereocenters. The second-order valence-corrected chi connectivity index (χ2v) is 4.54. The molecule has 0 heterocycles. The van der Waals surface area contributed by atoms with Crippen LogP contribution < -0.4 is 4.74 Å². The molecule has 1 aromatic rings. The predicted molar refractivity (Wildman–Crippen MR) is 63.1 cm³/mol. The molecule has 2 rings (SSSR count). The average Bonchev–Trinajstić information content (AvgIpc) is 3.01. The third-order valence-electron chi connectivity index (χ3n) is 2.41. The second-order valence-electron chi connectivity index (χ2n) is 4.13. The first-order chi connectivity index (χ1) is 7.59. The molecule has 1 fully saturated rings. The Balaban J connectivity index is 2.35. The van der Waals surface area contributed by atoms with Crippen LogP contribution in [0.5, 0.6) is 5.75 Å². The summed E-state index contributed by atoms with van der Waals surface area (Å²) in [5.74, 6) is 0.468. The Kier molecular flexibility index (Phi) is 3.06. The fraction of sp³-hybridized carbons (Fsp3) is 0.417. The van der Waals surface area contributed by atoms with Gasteiger partial charge in [-0.25, -0.2) is 0 Å². The number of carbonyl (C=O) groups is 1. The van der Waals surface area contributed by atoms with Crippen molar-refractivity contribution in [2.75, 3.05) is 14.1 Å². The lowest BCUT2D eigenvalue weighted by atomic mass is 10.2. The van der Waals surface area contributed by atoms with E-state index in [0.29, 0.717) is 16.3 Å². The molecule has 1 aromatic carbocycles. The second kappa shape index (κ2) is 4.34. The highest BCUT2D eigenvalue weighted by Gasteiger charge is 2.27. The first-order valence-electron chi connectivity index (χ1n) is 5.26. The van der Waals surface area contributed by atoms with Gasteiger partial charge in [-0.1, -0.05) is 17.7 Å². The minimum atomic E-state index is -0.124. The molecule has 0 radical (unpaired) electrons. The van der Waals surface area contributed by atoms with E-state index in [1.54, 1.807) is 32.3 Å². The van der Waals surface area contributed by atoms with Crippen LogP contribution in [0.15, 0.2) is 18.2 Å². The largest absolute Gasteiger partial charge is 0.490 e. The van der Waals surface area contributed by atoms with E-state index in [4.69, 9.17) is 16.3 Å². The highest BCUT2D eigenvalue weighted by molar-refractivity contribution is 6.34. The van der Waals surface area contributed by atoms with Gasteiger partial charge in [0, 0.05) is 14.1 Å². The van der Waals surface area contributed by atoms with E-state index in [-0.39, 0.29) is 12.0 Å². The van der Waals surface area contributed by atoms with Crippen molar-refractivity contribution in [1.29, 1.82) is 0 Å². The van der Waals surface area contributed by atoms with Gasteiger partial charge < -0.3 is 9.64 Å². The minimum absolute atomic E-state index is 0.124. The molecule has 1 amide bonds. The standard InChI is InChI=1S/C12H14ClNO2/c1-14(2)12(15)11-9(13)4-3-5-10(11)16-8-6-7-8/h3-5,8H,6-7H2,1-2H3. The van der Waals surface area contributed by atoms with E-state index in [9.17, 15) is 4.79 Å². The number of rotatable bonds is 3. The molecule has 86 valence electrons. The molecule has 3 nitrogen and oxygen atoms in total. The monoisotopic (exact) mass is 239 g/mol. The van der Waals surface area contributed by atoms with Crippen molar-refractivity contribution in [1.82, 2.24) is 4.90 Å². The van der Waals surface area contributed by atoms with Crippen molar-refractivity contribution in [2.45, 2.75) is 18.9 Å². The Morgan fingerprint density at radius 1 is 1.44 bits per heavy atom. The predicted octanol–water partition coefficient (Wildman–Crippen LogP) is 2.58. The third kappa shape index (κ3) is 2.30. The van der Waals surface area contributed by atoms with E-state index >= 15 is 0 Å². The zero-order valence-corrected chi connectivity index (χ0v) is 10.1. The Morgan fingerprint density at radius 3 is 2.69 bits per heavy atom. The van der Waals surface area contributed by atoms with Crippen LogP contribution in [-0.4, -0.2) is 31.0 Å². The first-order valence-corrected chi connectivity index (χ1v) is 5.64. The highest BCUT2D eigenvalue weighted by Crippen LogP contribution is 2.32. The number of amides is 1. The summed E-state index contributed by atoms with van der Waals surface area (Å²) in [6, 6.07) is 5.30. The number of nitrogens with zero attached hydrogens (tertiary/aromatic N) is 1. The van der Waals surface area contributed by atoms with Gasteiger partial charge >= 0.3 is 0 Å². The number of ether oxygens (including phenoxy) is 1. The molecular weight excluding hydrogens is 226 g/mol. The highest BCUT2D eigenvalue weighted by atomic mass is 35.5. The molecule has 16 heavy (non-hydrogen) atoms. The smallest absolute Gasteiger partial charge is 0.258 e. The van der Waals surface area contributed by atoms with Crippen molar-refractivity contribution in [3.63, 3.8) is 0 Å². The van der Waals surface area contributed by atoms with Crippen molar-refractivity contribution < 1.29 is 9.53 Å². The van der Waals surface area contributed by atoms with Gasteiger partial charge in [0.05, 0.1) is 11.1 Å². The molecule has 1 aliphatic carbocycles. The molecule has 4 heteroatoms. The Hall–Kier alpha value is -1.22. The molecular formula is C12H14ClNO2. The Morgan fingerprint density at radius 2 is 2.12 bits per heavy atom. The van der Waals surface area contributed by atoms with Crippen molar-refractivity contribution in [3.05, 3.63) is 28.8 Å². The molecule has 0 saturated heterocycles. The van der Waals surface area contributed by atoms with Crippen LogP contribution in [0.1, 0.15) is 23.2 Å². The van der Waals surface area contributed by atoms with Gasteiger partial charge in [0.2, 0.25) is 0 Å². The first kappa shape index (κ1) is 11.3. The molecule has 0 unspecified atom stereocenters. The lowest BCUT2D eigenvalue weighted by Gasteiger charge is -2.15. The topological polar surface area (TPSA) is 29.5 Å². The fourth-order valence-corrected chi connectivity index (χ4v) is 1.65. The van der Waals surface area contributed by atoms with E-state index in [1.165, 1.54) is 4.90 Å². The fourth-order valence-electron chi connectivity index (χ4n) is 1.40. The maximum atomic E-state index is 11.9. The van der Waals surface area contributed by atoms with Crippen LogP contribution >= 0.6 is 11.6 Å². The van der Waals surface area contributed by atoms with Crippen molar-refractivity contribution in [2.24, 2.45) is 0 Å². The van der Waals surface area contributed by atoms with Gasteiger partial charge in [0.1, 0.15) is 11.3 Å². The van der Waals surface area contributed by atoms with E-state index in [1.807, 2.05) is 0 Å².